The second-order valence-electron chi connectivity index (χ2n) is 6.20. The third-order valence-corrected chi connectivity index (χ3v) is 4.40. The number of fused-ring (bicyclic) bond motifs is 1. The molecule has 0 amide bonds. The van der Waals surface area contributed by atoms with Gasteiger partial charge in [-0.25, -0.2) is 4.98 Å². The van der Waals surface area contributed by atoms with Crippen LogP contribution in [-0.2, 0) is 13.0 Å². The highest BCUT2D eigenvalue weighted by Crippen LogP contribution is 2.33. The SMILES string of the molecule is C[C@H](CCn1cncn1)N[C@@H]1CCCc2cc(OC(F)F)ccc21. The molecule has 0 fully saturated rings. The molecule has 0 unspecified atom stereocenters. The number of nitrogens with zero attached hydrogens (tertiary/aromatic N) is 3. The average molecular weight is 336 g/mol. The molecule has 1 aromatic heterocycles. The fraction of sp³-hybridized carbons (Fsp3) is 0.529. The van der Waals surface area contributed by atoms with Crippen molar-refractivity contribution in [2.75, 3.05) is 0 Å². The minimum Gasteiger partial charge on any atom is -0.435 e. The number of aryl methyl sites for hydroxylation is 2. The fourth-order valence-corrected chi connectivity index (χ4v) is 3.24. The van der Waals surface area contributed by atoms with Crippen molar-refractivity contribution in [1.29, 1.82) is 0 Å². The first-order valence-corrected chi connectivity index (χ1v) is 8.28. The van der Waals surface area contributed by atoms with Crippen molar-refractivity contribution in [2.45, 2.75) is 57.8 Å². The monoisotopic (exact) mass is 336 g/mol. The summed E-state index contributed by atoms with van der Waals surface area (Å²) < 4.78 is 31.0. The summed E-state index contributed by atoms with van der Waals surface area (Å²) in [7, 11) is 0. The summed E-state index contributed by atoms with van der Waals surface area (Å²) in [5, 5.41) is 7.75. The van der Waals surface area contributed by atoms with Crippen molar-refractivity contribution in [3.63, 3.8) is 0 Å². The molecule has 0 saturated heterocycles. The summed E-state index contributed by atoms with van der Waals surface area (Å²) in [6.45, 7) is 0.186. The van der Waals surface area contributed by atoms with Crippen LogP contribution >= 0.6 is 0 Å². The first-order chi connectivity index (χ1) is 11.6. The van der Waals surface area contributed by atoms with Crippen molar-refractivity contribution in [2.24, 2.45) is 0 Å². The van der Waals surface area contributed by atoms with E-state index in [1.165, 1.54) is 11.9 Å². The number of benzene rings is 1. The van der Waals surface area contributed by atoms with Gasteiger partial charge >= 0.3 is 6.61 Å². The summed E-state index contributed by atoms with van der Waals surface area (Å²) >= 11 is 0. The third-order valence-electron chi connectivity index (χ3n) is 4.40. The standard InChI is InChI=1S/C17H22F2N4O/c1-12(7-8-23-11-20-10-21-23)22-16-4-2-3-13-9-14(24-17(18)19)5-6-15(13)16/h5-6,9-12,16-17,22H,2-4,7-8H2,1H3/t12-,16-/m1/s1. The van der Waals surface area contributed by atoms with Gasteiger partial charge in [0, 0.05) is 18.6 Å². The molecule has 7 heteroatoms. The molecule has 130 valence electrons. The Bertz CT molecular complexity index is 648. The van der Waals surface area contributed by atoms with Gasteiger partial charge in [-0.05, 0) is 55.9 Å². The molecule has 1 heterocycles. The smallest absolute Gasteiger partial charge is 0.387 e. The molecule has 0 aliphatic heterocycles. The molecule has 0 radical (unpaired) electrons. The number of ether oxygens (including phenoxy) is 1. The van der Waals surface area contributed by atoms with Gasteiger partial charge in [0.1, 0.15) is 18.4 Å². The van der Waals surface area contributed by atoms with Gasteiger partial charge < -0.3 is 10.1 Å². The van der Waals surface area contributed by atoms with Crippen molar-refractivity contribution < 1.29 is 13.5 Å². The number of nitrogens with one attached hydrogen (secondary N) is 1. The van der Waals surface area contributed by atoms with Gasteiger partial charge in [-0.15, -0.1) is 0 Å². The molecule has 3 rings (SSSR count). The summed E-state index contributed by atoms with van der Waals surface area (Å²) in [4.78, 5) is 3.94. The molecule has 5 nitrogen and oxygen atoms in total. The van der Waals surface area contributed by atoms with Gasteiger partial charge in [0.05, 0.1) is 0 Å². The number of hydrogen-bond donors (Lipinski definition) is 1. The van der Waals surface area contributed by atoms with Crippen LogP contribution in [0.5, 0.6) is 5.75 Å². The topological polar surface area (TPSA) is 52.0 Å². The zero-order chi connectivity index (χ0) is 16.9. The van der Waals surface area contributed by atoms with Gasteiger partial charge in [-0.3, -0.25) is 4.68 Å². The molecular formula is C17H22F2N4O. The van der Waals surface area contributed by atoms with E-state index in [0.717, 1.165) is 37.8 Å². The maximum Gasteiger partial charge on any atom is 0.387 e. The molecule has 1 aliphatic rings. The summed E-state index contributed by atoms with van der Waals surface area (Å²) in [5.74, 6) is 0.239. The molecular weight excluding hydrogens is 314 g/mol. The van der Waals surface area contributed by atoms with Crippen LogP contribution < -0.4 is 10.1 Å². The van der Waals surface area contributed by atoms with E-state index in [1.54, 1.807) is 18.5 Å². The summed E-state index contributed by atoms with van der Waals surface area (Å²) in [6.07, 6.45) is 7.19. The van der Waals surface area contributed by atoms with Crippen LogP contribution in [0.4, 0.5) is 8.78 Å². The van der Waals surface area contributed by atoms with Crippen molar-refractivity contribution >= 4 is 0 Å². The highest BCUT2D eigenvalue weighted by molar-refractivity contribution is 5.39. The van der Waals surface area contributed by atoms with Crippen LogP contribution in [0.1, 0.15) is 43.4 Å². The second kappa shape index (κ2) is 7.70. The van der Waals surface area contributed by atoms with E-state index in [-0.39, 0.29) is 11.8 Å². The zero-order valence-corrected chi connectivity index (χ0v) is 13.7. The van der Waals surface area contributed by atoms with Crippen molar-refractivity contribution in [3.05, 3.63) is 42.0 Å². The Morgan fingerprint density at radius 2 is 2.29 bits per heavy atom. The zero-order valence-electron chi connectivity index (χ0n) is 13.7. The number of alkyl halides is 2. The van der Waals surface area contributed by atoms with Gasteiger partial charge in [-0.2, -0.15) is 13.9 Å². The first-order valence-electron chi connectivity index (χ1n) is 8.28. The molecule has 1 N–H and O–H groups in total. The Kier molecular flexibility index (Phi) is 5.40. The maximum absolute atomic E-state index is 12.4. The minimum atomic E-state index is -2.78. The van der Waals surface area contributed by atoms with Crippen LogP contribution in [0.2, 0.25) is 0 Å². The highest BCUT2D eigenvalue weighted by atomic mass is 19.3. The second-order valence-corrected chi connectivity index (χ2v) is 6.20. The lowest BCUT2D eigenvalue weighted by atomic mass is 9.87. The van der Waals surface area contributed by atoms with Gasteiger partial charge in [0.2, 0.25) is 0 Å². The Labute approximate surface area is 140 Å². The van der Waals surface area contributed by atoms with Crippen LogP contribution in [-0.4, -0.2) is 27.4 Å². The minimum absolute atomic E-state index is 0.239. The number of halogens is 2. The predicted octanol–water partition coefficient (Wildman–Crippen LogP) is 3.33. The van der Waals surface area contributed by atoms with Crippen LogP contribution in [0, 0.1) is 0 Å². The number of rotatable bonds is 7. The fourth-order valence-electron chi connectivity index (χ4n) is 3.24. The lowest BCUT2D eigenvalue weighted by Crippen LogP contribution is -2.33. The molecule has 0 bridgehead atoms. The first kappa shape index (κ1) is 16.8. The summed E-state index contributed by atoms with van der Waals surface area (Å²) in [5.41, 5.74) is 2.29. The largest absolute Gasteiger partial charge is 0.435 e. The van der Waals surface area contributed by atoms with E-state index >= 15 is 0 Å². The van der Waals surface area contributed by atoms with Gasteiger partial charge in [0.15, 0.2) is 0 Å². The molecule has 1 aromatic carbocycles. The molecule has 24 heavy (non-hydrogen) atoms. The number of aromatic nitrogens is 3. The lowest BCUT2D eigenvalue weighted by Gasteiger charge is -2.29. The molecule has 2 aromatic rings. The third kappa shape index (κ3) is 4.29. The Hall–Kier alpha value is -2.02. The van der Waals surface area contributed by atoms with Crippen LogP contribution in [0.25, 0.3) is 0 Å². The van der Waals surface area contributed by atoms with Crippen LogP contribution in [0.15, 0.2) is 30.9 Å². The van der Waals surface area contributed by atoms with Gasteiger partial charge in [0.25, 0.3) is 0 Å². The van der Waals surface area contributed by atoms with Crippen molar-refractivity contribution in [3.8, 4) is 5.75 Å². The Morgan fingerprint density at radius 3 is 3.04 bits per heavy atom. The highest BCUT2D eigenvalue weighted by Gasteiger charge is 2.22. The normalized spacial score (nSPS) is 18.4. The van der Waals surface area contributed by atoms with E-state index in [0.29, 0.717) is 6.04 Å². The van der Waals surface area contributed by atoms with E-state index in [2.05, 4.69) is 27.1 Å². The van der Waals surface area contributed by atoms with Gasteiger partial charge in [-0.1, -0.05) is 6.07 Å². The molecule has 1 aliphatic carbocycles. The van der Waals surface area contributed by atoms with Crippen molar-refractivity contribution in [1.82, 2.24) is 20.1 Å². The molecule has 0 saturated carbocycles. The molecule has 0 spiro atoms. The lowest BCUT2D eigenvalue weighted by molar-refractivity contribution is -0.0499. The Morgan fingerprint density at radius 1 is 1.42 bits per heavy atom. The Balaban J connectivity index is 1.61. The predicted molar refractivity (Wildman–Crippen MR) is 86.0 cm³/mol. The number of hydrogen-bond acceptors (Lipinski definition) is 4. The maximum atomic E-state index is 12.4. The van der Waals surface area contributed by atoms with E-state index in [9.17, 15) is 8.78 Å². The van der Waals surface area contributed by atoms with E-state index in [4.69, 9.17) is 0 Å². The average Bonchev–Trinajstić information content (AvgIpc) is 3.06. The quantitative estimate of drug-likeness (QED) is 0.843. The molecule has 2 atom stereocenters. The van der Waals surface area contributed by atoms with E-state index < -0.39 is 6.61 Å². The summed E-state index contributed by atoms with van der Waals surface area (Å²) in [6, 6.07) is 5.86. The van der Waals surface area contributed by atoms with Crippen LogP contribution in [0.3, 0.4) is 0 Å². The van der Waals surface area contributed by atoms with E-state index in [1.807, 2.05) is 10.7 Å².